The zero-order valence-corrected chi connectivity index (χ0v) is 9.24. The molecule has 0 amide bonds. The van der Waals surface area contributed by atoms with E-state index in [1.807, 2.05) is 6.92 Å². The Morgan fingerprint density at radius 1 is 1.60 bits per heavy atom. The van der Waals surface area contributed by atoms with Crippen molar-refractivity contribution in [3.05, 3.63) is 0 Å². The fourth-order valence-electron chi connectivity index (χ4n) is 1.69. The van der Waals surface area contributed by atoms with Gasteiger partial charge >= 0.3 is 0 Å². The summed E-state index contributed by atoms with van der Waals surface area (Å²) in [6.07, 6.45) is 3.26. The first-order chi connectivity index (χ1) is 7.13. The predicted octanol–water partition coefficient (Wildman–Crippen LogP) is 0.121. The lowest BCUT2D eigenvalue weighted by molar-refractivity contribution is 0.245. The molecular formula is C10H21N3O2. The highest BCUT2D eigenvalue weighted by molar-refractivity contribution is 5.82. The number of nitrogens with zero attached hydrogens (tertiary/aromatic N) is 1. The minimum atomic E-state index is 0.0416. The maximum absolute atomic E-state index is 8.88. The summed E-state index contributed by atoms with van der Waals surface area (Å²) in [6.45, 7) is 3.80. The summed E-state index contributed by atoms with van der Waals surface area (Å²) in [4.78, 5) is 0. The van der Waals surface area contributed by atoms with Crippen molar-refractivity contribution in [1.82, 2.24) is 5.32 Å². The Labute approximate surface area is 90.3 Å². The number of nitrogens with two attached hydrogens (primary N) is 1. The maximum Gasteiger partial charge on any atom is 0.143 e. The van der Waals surface area contributed by atoms with Gasteiger partial charge in [-0.2, -0.15) is 0 Å². The normalized spacial score (nSPS) is 21.3. The number of rotatable bonds is 7. The molecular weight excluding hydrogens is 194 g/mol. The average Bonchev–Trinajstić information content (AvgIpc) is 2.97. The first-order valence-electron chi connectivity index (χ1n) is 5.42. The number of hydrogen-bond acceptors (Lipinski definition) is 4. The summed E-state index contributed by atoms with van der Waals surface area (Å²) in [5, 5.41) is 23.6. The molecule has 0 aromatic heterocycles. The molecule has 1 unspecified atom stereocenters. The standard InChI is InChI=1S/C10H21N3O2/c1-8(9(11)13-15)6-12-7-10(2-3-10)4-5-14/h8,12,14-15H,2-7H2,1H3,(H2,11,13). The van der Waals surface area contributed by atoms with E-state index >= 15 is 0 Å². The highest BCUT2D eigenvalue weighted by Crippen LogP contribution is 2.47. The quantitative estimate of drug-likeness (QED) is 0.210. The number of aliphatic hydroxyl groups is 1. The van der Waals surface area contributed by atoms with Gasteiger partial charge in [0.2, 0.25) is 0 Å². The van der Waals surface area contributed by atoms with E-state index in [9.17, 15) is 0 Å². The second-order valence-electron chi connectivity index (χ2n) is 4.53. The number of nitrogens with one attached hydrogen (secondary N) is 1. The zero-order chi connectivity index (χ0) is 11.3. The summed E-state index contributed by atoms with van der Waals surface area (Å²) in [5.74, 6) is 0.300. The first-order valence-corrected chi connectivity index (χ1v) is 5.42. The molecule has 1 rings (SSSR count). The molecule has 0 aliphatic heterocycles. The van der Waals surface area contributed by atoms with Gasteiger partial charge in [-0.3, -0.25) is 0 Å². The van der Waals surface area contributed by atoms with Crippen molar-refractivity contribution in [2.24, 2.45) is 22.2 Å². The number of oxime groups is 1. The first kappa shape index (κ1) is 12.3. The van der Waals surface area contributed by atoms with Crippen molar-refractivity contribution in [1.29, 1.82) is 0 Å². The van der Waals surface area contributed by atoms with Crippen LogP contribution in [0, 0.1) is 11.3 Å². The molecule has 0 bridgehead atoms. The van der Waals surface area contributed by atoms with Gasteiger partial charge in [0.05, 0.1) is 0 Å². The van der Waals surface area contributed by atoms with Crippen molar-refractivity contribution in [3.63, 3.8) is 0 Å². The summed E-state index contributed by atoms with van der Waals surface area (Å²) in [7, 11) is 0. The molecule has 5 nitrogen and oxygen atoms in total. The van der Waals surface area contributed by atoms with Gasteiger partial charge in [-0.15, -0.1) is 0 Å². The molecule has 15 heavy (non-hydrogen) atoms. The predicted molar refractivity (Wildman–Crippen MR) is 58.8 cm³/mol. The topological polar surface area (TPSA) is 90.9 Å². The molecule has 1 aliphatic rings. The highest BCUT2D eigenvalue weighted by atomic mass is 16.4. The SMILES string of the molecule is CC(CNCC1(CCO)CC1)C(N)=NO. The Morgan fingerprint density at radius 2 is 2.27 bits per heavy atom. The molecule has 5 N–H and O–H groups in total. The molecule has 0 radical (unpaired) electrons. The molecule has 1 atom stereocenters. The van der Waals surface area contributed by atoms with Gasteiger partial charge in [0.25, 0.3) is 0 Å². The van der Waals surface area contributed by atoms with Crippen LogP contribution in [0.4, 0.5) is 0 Å². The van der Waals surface area contributed by atoms with Gasteiger partial charge in [0.15, 0.2) is 0 Å². The third-order valence-corrected chi connectivity index (χ3v) is 3.17. The number of amidine groups is 1. The van der Waals surface area contributed by atoms with Crippen LogP contribution in [0.2, 0.25) is 0 Å². The van der Waals surface area contributed by atoms with Crippen LogP contribution in [0.3, 0.4) is 0 Å². The van der Waals surface area contributed by atoms with E-state index in [4.69, 9.17) is 16.0 Å². The Hall–Kier alpha value is -0.810. The third kappa shape index (κ3) is 3.68. The van der Waals surface area contributed by atoms with E-state index in [0.717, 1.165) is 13.0 Å². The molecule has 0 saturated heterocycles. The van der Waals surface area contributed by atoms with Crippen LogP contribution in [0.1, 0.15) is 26.2 Å². The van der Waals surface area contributed by atoms with Crippen LogP contribution in [-0.2, 0) is 0 Å². The van der Waals surface area contributed by atoms with E-state index in [1.54, 1.807) is 0 Å². The van der Waals surface area contributed by atoms with E-state index in [-0.39, 0.29) is 18.4 Å². The number of hydrogen-bond donors (Lipinski definition) is 4. The number of aliphatic hydroxyl groups excluding tert-OH is 1. The van der Waals surface area contributed by atoms with Gasteiger partial charge < -0.3 is 21.4 Å². The Bertz CT molecular complexity index is 227. The molecule has 1 saturated carbocycles. The second-order valence-corrected chi connectivity index (χ2v) is 4.53. The summed E-state index contributed by atoms with van der Waals surface area (Å²) < 4.78 is 0. The fraction of sp³-hybridized carbons (Fsp3) is 0.900. The monoisotopic (exact) mass is 215 g/mol. The van der Waals surface area contributed by atoms with E-state index < -0.39 is 0 Å². The van der Waals surface area contributed by atoms with Crippen LogP contribution in [0.15, 0.2) is 5.16 Å². The van der Waals surface area contributed by atoms with Crippen LogP contribution in [-0.4, -0.2) is 35.8 Å². The van der Waals surface area contributed by atoms with Gasteiger partial charge in [0.1, 0.15) is 5.84 Å². The Balaban J connectivity index is 2.16. The van der Waals surface area contributed by atoms with Gasteiger partial charge in [-0.05, 0) is 24.7 Å². The van der Waals surface area contributed by atoms with Crippen LogP contribution >= 0.6 is 0 Å². The van der Waals surface area contributed by atoms with Gasteiger partial charge in [-0.25, -0.2) is 0 Å². The molecule has 5 heteroatoms. The van der Waals surface area contributed by atoms with Gasteiger partial charge in [-0.1, -0.05) is 12.1 Å². The van der Waals surface area contributed by atoms with Crippen molar-refractivity contribution in [3.8, 4) is 0 Å². The molecule has 0 aromatic rings. The molecule has 1 fully saturated rings. The van der Waals surface area contributed by atoms with E-state index in [0.29, 0.717) is 12.0 Å². The zero-order valence-electron chi connectivity index (χ0n) is 9.24. The summed E-state index contributed by atoms with van der Waals surface area (Å²) >= 11 is 0. The molecule has 1 aliphatic carbocycles. The van der Waals surface area contributed by atoms with Crippen molar-refractivity contribution >= 4 is 5.84 Å². The summed E-state index contributed by atoms with van der Waals surface area (Å²) in [5.41, 5.74) is 5.78. The van der Waals surface area contributed by atoms with Gasteiger partial charge in [0, 0.05) is 25.6 Å². The lowest BCUT2D eigenvalue weighted by Crippen LogP contribution is -2.34. The van der Waals surface area contributed by atoms with Crippen LogP contribution in [0.5, 0.6) is 0 Å². The van der Waals surface area contributed by atoms with Crippen molar-refractivity contribution in [2.45, 2.75) is 26.2 Å². The summed E-state index contributed by atoms with van der Waals surface area (Å²) in [6, 6.07) is 0. The maximum atomic E-state index is 8.88. The van der Waals surface area contributed by atoms with Crippen molar-refractivity contribution < 1.29 is 10.3 Å². The van der Waals surface area contributed by atoms with Crippen LogP contribution < -0.4 is 11.1 Å². The minimum absolute atomic E-state index is 0.0416. The molecule has 0 aromatic carbocycles. The lowest BCUT2D eigenvalue weighted by Gasteiger charge is -2.16. The molecule has 0 heterocycles. The highest BCUT2D eigenvalue weighted by Gasteiger charge is 2.41. The average molecular weight is 215 g/mol. The largest absolute Gasteiger partial charge is 0.409 e. The fourth-order valence-corrected chi connectivity index (χ4v) is 1.69. The lowest BCUT2D eigenvalue weighted by atomic mass is 10.0. The third-order valence-electron chi connectivity index (χ3n) is 3.17. The van der Waals surface area contributed by atoms with Crippen LogP contribution in [0.25, 0.3) is 0 Å². The molecule has 88 valence electrons. The minimum Gasteiger partial charge on any atom is -0.409 e. The second kappa shape index (κ2) is 5.32. The Kier molecular flexibility index (Phi) is 4.35. The molecule has 0 spiro atoms. The smallest absolute Gasteiger partial charge is 0.143 e. The van der Waals surface area contributed by atoms with Crippen molar-refractivity contribution in [2.75, 3.05) is 19.7 Å². The van der Waals surface area contributed by atoms with E-state index in [1.165, 1.54) is 12.8 Å². The Morgan fingerprint density at radius 3 is 2.73 bits per heavy atom. The van der Waals surface area contributed by atoms with E-state index in [2.05, 4.69) is 10.5 Å².